The lowest BCUT2D eigenvalue weighted by Gasteiger charge is -2.22. The molecule has 0 saturated carbocycles. The number of aromatic nitrogens is 1. The largest absolute Gasteiger partial charge is 0.491 e. The molecule has 0 atom stereocenters. The number of benzene rings is 1. The molecule has 2 heterocycles. The third kappa shape index (κ3) is 2.59. The number of nitrogens with two attached hydrogens (primary N) is 1. The van der Waals surface area contributed by atoms with Crippen LogP contribution in [0.5, 0.6) is 5.75 Å². The van der Waals surface area contributed by atoms with Gasteiger partial charge in [-0.25, -0.2) is 19.6 Å². The average Bonchev–Trinajstić information content (AvgIpc) is 2.69. The number of halogens is 2. The monoisotopic (exact) mass is 292 g/mol. The molecule has 5 nitrogen and oxygen atoms in total. The average molecular weight is 292 g/mol. The van der Waals surface area contributed by atoms with Gasteiger partial charge in [0.25, 0.3) is 0 Å². The standard InChI is InChI=1S/C14H14F2N4O/c15-10-7-11(16)14(18-13(10)19-17)20-5-6-21-12-4-2-1-3-9(12)8-20/h1-4,7H,5-6,8,17H2,(H,18,19). The first-order chi connectivity index (χ1) is 10.2. The van der Waals surface area contributed by atoms with Crippen LogP contribution in [0.2, 0.25) is 0 Å². The third-order valence-corrected chi connectivity index (χ3v) is 3.30. The smallest absolute Gasteiger partial charge is 0.178 e. The first-order valence-electron chi connectivity index (χ1n) is 6.47. The van der Waals surface area contributed by atoms with Crippen LogP contribution in [0, 0.1) is 11.6 Å². The van der Waals surface area contributed by atoms with E-state index in [9.17, 15) is 8.78 Å². The zero-order valence-electron chi connectivity index (χ0n) is 11.1. The Balaban J connectivity index is 1.97. The molecule has 0 fully saturated rings. The van der Waals surface area contributed by atoms with E-state index < -0.39 is 11.6 Å². The van der Waals surface area contributed by atoms with Gasteiger partial charge in [0.2, 0.25) is 0 Å². The summed E-state index contributed by atoms with van der Waals surface area (Å²) in [6.07, 6.45) is 0. The molecule has 1 aromatic heterocycles. The molecule has 0 bridgehead atoms. The molecule has 110 valence electrons. The van der Waals surface area contributed by atoms with Crippen molar-refractivity contribution in [2.75, 3.05) is 23.5 Å². The zero-order valence-corrected chi connectivity index (χ0v) is 11.1. The van der Waals surface area contributed by atoms with Crippen molar-refractivity contribution in [3.05, 3.63) is 47.5 Å². The summed E-state index contributed by atoms with van der Waals surface area (Å²) in [6, 6.07) is 8.29. The maximum atomic E-state index is 14.0. The predicted molar refractivity (Wildman–Crippen MR) is 75.0 cm³/mol. The van der Waals surface area contributed by atoms with Gasteiger partial charge in [-0.2, -0.15) is 0 Å². The summed E-state index contributed by atoms with van der Waals surface area (Å²) < 4.78 is 33.0. The molecule has 1 aliphatic rings. The third-order valence-electron chi connectivity index (χ3n) is 3.30. The van der Waals surface area contributed by atoms with Gasteiger partial charge < -0.3 is 15.1 Å². The van der Waals surface area contributed by atoms with Crippen LogP contribution in [0.4, 0.5) is 20.4 Å². The minimum atomic E-state index is -0.828. The highest BCUT2D eigenvalue weighted by Crippen LogP contribution is 2.28. The molecule has 0 radical (unpaired) electrons. The van der Waals surface area contributed by atoms with Gasteiger partial charge in [0.1, 0.15) is 12.4 Å². The van der Waals surface area contributed by atoms with E-state index in [0.29, 0.717) is 19.7 Å². The second-order valence-corrected chi connectivity index (χ2v) is 4.65. The fourth-order valence-corrected chi connectivity index (χ4v) is 2.29. The Morgan fingerprint density at radius 3 is 2.86 bits per heavy atom. The van der Waals surface area contributed by atoms with Gasteiger partial charge in [0, 0.05) is 18.2 Å². The van der Waals surface area contributed by atoms with Gasteiger partial charge in [0.15, 0.2) is 23.3 Å². The van der Waals surface area contributed by atoms with Crippen molar-refractivity contribution in [2.24, 2.45) is 5.84 Å². The van der Waals surface area contributed by atoms with E-state index in [1.165, 1.54) is 0 Å². The molecule has 21 heavy (non-hydrogen) atoms. The second kappa shape index (κ2) is 5.53. The Morgan fingerprint density at radius 2 is 2.05 bits per heavy atom. The van der Waals surface area contributed by atoms with E-state index in [0.717, 1.165) is 17.4 Å². The van der Waals surface area contributed by atoms with E-state index >= 15 is 0 Å². The van der Waals surface area contributed by atoms with Crippen molar-refractivity contribution < 1.29 is 13.5 Å². The highest BCUT2D eigenvalue weighted by atomic mass is 19.1. The molecule has 3 rings (SSSR count). The quantitative estimate of drug-likeness (QED) is 0.655. The molecule has 2 aromatic rings. The number of hydrogen-bond donors (Lipinski definition) is 2. The summed E-state index contributed by atoms with van der Waals surface area (Å²) in [5, 5.41) is 0. The number of nitrogen functional groups attached to an aromatic ring is 1. The Kier molecular flexibility index (Phi) is 3.57. The summed E-state index contributed by atoms with van der Waals surface area (Å²) in [5.74, 6) is 4.25. The number of para-hydroxylation sites is 1. The minimum Gasteiger partial charge on any atom is -0.491 e. The second-order valence-electron chi connectivity index (χ2n) is 4.65. The first kappa shape index (κ1) is 13.6. The summed E-state index contributed by atoms with van der Waals surface area (Å²) in [5.41, 5.74) is 3.05. The van der Waals surface area contributed by atoms with Crippen LogP contribution in [0.1, 0.15) is 5.56 Å². The highest BCUT2D eigenvalue weighted by molar-refractivity contribution is 5.50. The van der Waals surface area contributed by atoms with Crippen molar-refractivity contribution in [3.63, 3.8) is 0 Å². The molecule has 1 aliphatic heterocycles. The van der Waals surface area contributed by atoms with Gasteiger partial charge in [-0.3, -0.25) is 0 Å². The molecular formula is C14H14F2N4O. The zero-order chi connectivity index (χ0) is 14.8. The number of ether oxygens (including phenoxy) is 1. The predicted octanol–water partition coefficient (Wildman–Crippen LogP) is 2.04. The highest BCUT2D eigenvalue weighted by Gasteiger charge is 2.21. The van der Waals surface area contributed by atoms with Crippen LogP contribution >= 0.6 is 0 Å². The number of hydrazine groups is 1. The van der Waals surface area contributed by atoms with Crippen LogP contribution in [0.15, 0.2) is 30.3 Å². The molecule has 7 heteroatoms. The van der Waals surface area contributed by atoms with Gasteiger partial charge in [0.05, 0.1) is 6.54 Å². The lowest BCUT2D eigenvalue weighted by Crippen LogP contribution is -2.28. The van der Waals surface area contributed by atoms with Crippen molar-refractivity contribution in [3.8, 4) is 5.75 Å². The number of hydrogen-bond acceptors (Lipinski definition) is 5. The summed E-state index contributed by atoms with van der Waals surface area (Å²) in [7, 11) is 0. The van der Waals surface area contributed by atoms with Crippen molar-refractivity contribution in [2.45, 2.75) is 6.54 Å². The van der Waals surface area contributed by atoms with Gasteiger partial charge in [-0.15, -0.1) is 0 Å². The number of nitrogens with one attached hydrogen (secondary N) is 1. The molecule has 0 amide bonds. The molecular weight excluding hydrogens is 278 g/mol. The Morgan fingerprint density at radius 1 is 1.24 bits per heavy atom. The molecule has 1 aromatic carbocycles. The number of pyridine rings is 1. The molecule has 0 saturated heterocycles. The van der Waals surface area contributed by atoms with E-state index in [-0.39, 0.29) is 11.6 Å². The number of anilines is 2. The number of fused-ring (bicyclic) bond motifs is 1. The Bertz CT molecular complexity index is 665. The molecule has 3 N–H and O–H groups in total. The topological polar surface area (TPSA) is 63.4 Å². The van der Waals surface area contributed by atoms with E-state index in [1.54, 1.807) is 4.90 Å². The first-order valence-corrected chi connectivity index (χ1v) is 6.47. The molecule has 0 aliphatic carbocycles. The molecule has 0 spiro atoms. The van der Waals surface area contributed by atoms with Crippen LogP contribution in [0.3, 0.4) is 0 Å². The van der Waals surface area contributed by atoms with Crippen LogP contribution in [0.25, 0.3) is 0 Å². The number of rotatable bonds is 2. The maximum Gasteiger partial charge on any atom is 0.178 e. The Labute approximate surface area is 120 Å². The Hall–Kier alpha value is -2.41. The van der Waals surface area contributed by atoms with Gasteiger partial charge >= 0.3 is 0 Å². The van der Waals surface area contributed by atoms with Crippen molar-refractivity contribution in [1.82, 2.24) is 4.98 Å². The van der Waals surface area contributed by atoms with E-state index in [1.807, 2.05) is 24.3 Å². The lowest BCUT2D eigenvalue weighted by molar-refractivity contribution is 0.331. The molecule has 0 unspecified atom stereocenters. The summed E-state index contributed by atoms with van der Waals surface area (Å²) >= 11 is 0. The van der Waals surface area contributed by atoms with Crippen LogP contribution in [-0.2, 0) is 6.54 Å². The van der Waals surface area contributed by atoms with Gasteiger partial charge in [-0.1, -0.05) is 18.2 Å². The normalized spacial score (nSPS) is 14.1. The fourth-order valence-electron chi connectivity index (χ4n) is 2.29. The van der Waals surface area contributed by atoms with E-state index in [2.05, 4.69) is 10.4 Å². The van der Waals surface area contributed by atoms with E-state index in [4.69, 9.17) is 10.6 Å². The maximum absolute atomic E-state index is 14.0. The lowest BCUT2D eigenvalue weighted by atomic mass is 10.2. The van der Waals surface area contributed by atoms with Crippen LogP contribution in [-0.4, -0.2) is 18.1 Å². The van der Waals surface area contributed by atoms with Crippen molar-refractivity contribution >= 4 is 11.6 Å². The minimum absolute atomic E-state index is 0.0460. The van der Waals surface area contributed by atoms with Crippen LogP contribution < -0.4 is 20.9 Å². The summed E-state index contributed by atoms with van der Waals surface area (Å²) in [4.78, 5) is 5.61. The fraction of sp³-hybridized carbons (Fsp3) is 0.214. The number of nitrogens with zero attached hydrogens (tertiary/aromatic N) is 2. The SMILES string of the molecule is NNc1nc(N2CCOc3ccccc3C2)c(F)cc1F. The van der Waals surface area contributed by atoms with Gasteiger partial charge in [-0.05, 0) is 6.07 Å². The van der Waals surface area contributed by atoms with Crippen molar-refractivity contribution in [1.29, 1.82) is 0 Å². The summed E-state index contributed by atoms with van der Waals surface area (Å²) in [6.45, 7) is 1.25.